The van der Waals surface area contributed by atoms with Gasteiger partial charge in [-0.1, -0.05) is 13.3 Å². The first-order chi connectivity index (χ1) is 6.78. The number of hydrogen-bond donors (Lipinski definition) is 0. The van der Waals surface area contributed by atoms with Gasteiger partial charge in [0, 0.05) is 34.4 Å². The van der Waals surface area contributed by atoms with Crippen LogP contribution in [0.25, 0.3) is 0 Å². The van der Waals surface area contributed by atoms with Crippen LogP contribution in [-0.4, -0.2) is 40.5 Å². The number of ether oxygens (including phenoxy) is 4. The predicted octanol–water partition coefficient (Wildman–Crippen LogP) is 1.78. The minimum Gasteiger partial charge on any atom is -0.356 e. The maximum atomic E-state index is 5.48. The quantitative estimate of drug-likeness (QED) is 0.425. The summed E-state index contributed by atoms with van der Waals surface area (Å²) < 4.78 is 20.7. The second kappa shape index (κ2) is 9.40. The second-order valence-corrected chi connectivity index (χ2v) is 3.03. The Morgan fingerprint density at radius 2 is 1.50 bits per heavy atom. The summed E-state index contributed by atoms with van der Waals surface area (Å²) >= 11 is 0. The van der Waals surface area contributed by atoms with Gasteiger partial charge in [0.15, 0.2) is 12.6 Å². The molecule has 0 aliphatic rings. The van der Waals surface area contributed by atoms with Crippen molar-refractivity contribution in [3.05, 3.63) is 0 Å². The number of rotatable bonds is 9. The van der Waals surface area contributed by atoms with Crippen LogP contribution in [-0.2, 0) is 18.9 Å². The third kappa shape index (κ3) is 6.32. The van der Waals surface area contributed by atoms with Crippen LogP contribution in [0.5, 0.6) is 0 Å². The molecule has 14 heavy (non-hydrogen) atoms. The van der Waals surface area contributed by atoms with Crippen molar-refractivity contribution in [2.45, 2.75) is 38.8 Å². The van der Waals surface area contributed by atoms with Crippen LogP contribution in [0.4, 0.5) is 0 Å². The van der Waals surface area contributed by atoms with Crippen LogP contribution in [0.2, 0.25) is 0 Å². The van der Waals surface area contributed by atoms with Gasteiger partial charge in [-0.15, -0.1) is 0 Å². The Balaban J connectivity index is 3.65. The van der Waals surface area contributed by atoms with Crippen LogP contribution in [0.15, 0.2) is 0 Å². The SMILES string of the molecule is CCCCOC(CC(OC)OC)OC. The van der Waals surface area contributed by atoms with E-state index in [0.29, 0.717) is 6.42 Å². The standard InChI is InChI=1S/C10H22O4/c1-5-6-7-14-10(13-4)8-9(11-2)12-3/h9-10H,5-8H2,1-4H3. The summed E-state index contributed by atoms with van der Waals surface area (Å²) in [6, 6.07) is 0. The molecule has 0 aliphatic carbocycles. The zero-order chi connectivity index (χ0) is 10.8. The maximum absolute atomic E-state index is 5.48. The van der Waals surface area contributed by atoms with E-state index in [0.717, 1.165) is 19.4 Å². The van der Waals surface area contributed by atoms with Crippen molar-refractivity contribution in [2.75, 3.05) is 27.9 Å². The molecular weight excluding hydrogens is 184 g/mol. The molecule has 0 aromatic heterocycles. The normalized spacial score (nSPS) is 13.5. The Hall–Kier alpha value is -0.160. The van der Waals surface area contributed by atoms with Gasteiger partial charge in [0.25, 0.3) is 0 Å². The predicted molar refractivity (Wildman–Crippen MR) is 54.1 cm³/mol. The van der Waals surface area contributed by atoms with Crippen molar-refractivity contribution < 1.29 is 18.9 Å². The lowest BCUT2D eigenvalue weighted by Gasteiger charge is -2.20. The van der Waals surface area contributed by atoms with E-state index in [1.54, 1.807) is 21.3 Å². The summed E-state index contributed by atoms with van der Waals surface area (Å²) in [5.74, 6) is 0. The van der Waals surface area contributed by atoms with Crippen molar-refractivity contribution in [1.29, 1.82) is 0 Å². The Morgan fingerprint density at radius 3 is 1.93 bits per heavy atom. The smallest absolute Gasteiger partial charge is 0.162 e. The molecule has 0 saturated heterocycles. The van der Waals surface area contributed by atoms with Crippen LogP contribution < -0.4 is 0 Å². The van der Waals surface area contributed by atoms with Crippen molar-refractivity contribution >= 4 is 0 Å². The molecule has 0 saturated carbocycles. The average Bonchev–Trinajstić information content (AvgIpc) is 2.23. The molecule has 4 nitrogen and oxygen atoms in total. The molecule has 0 bridgehead atoms. The first-order valence-corrected chi connectivity index (χ1v) is 4.98. The highest BCUT2D eigenvalue weighted by molar-refractivity contribution is 4.49. The molecule has 0 aliphatic heterocycles. The first-order valence-electron chi connectivity index (χ1n) is 4.98. The molecule has 86 valence electrons. The van der Waals surface area contributed by atoms with Gasteiger partial charge in [-0.2, -0.15) is 0 Å². The number of hydrogen-bond acceptors (Lipinski definition) is 4. The molecule has 0 spiro atoms. The van der Waals surface area contributed by atoms with Crippen molar-refractivity contribution in [1.82, 2.24) is 0 Å². The number of unbranched alkanes of at least 4 members (excludes halogenated alkanes) is 1. The van der Waals surface area contributed by atoms with Crippen LogP contribution >= 0.6 is 0 Å². The molecule has 4 heteroatoms. The molecule has 0 aromatic carbocycles. The van der Waals surface area contributed by atoms with Gasteiger partial charge in [-0.3, -0.25) is 0 Å². The zero-order valence-electron chi connectivity index (χ0n) is 9.62. The van der Waals surface area contributed by atoms with Crippen molar-refractivity contribution in [3.8, 4) is 0 Å². The van der Waals surface area contributed by atoms with E-state index >= 15 is 0 Å². The summed E-state index contributed by atoms with van der Waals surface area (Å²) in [5.41, 5.74) is 0. The second-order valence-electron chi connectivity index (χ2n) is 3.03. The molecule has 0 amide bonds. The minimum absolute atomic E-state index is 0.244. The lowest BCUT2D eigenvalue weighted by Crippen LogP contribution is -2.25. The molecule has 1 unspecified atom stereocenters. The highest BCUT2D eigenvalue weighted by Crippen LogP contribution is 2.08. The zero-order valence-corrected chi connectivity index (χ0v) is 9.62. The summed E-state index contributed by atoms with van der Waals surface area (Å²) in [6.45, 7) is 2.84. The summed E-state index contributed by atoms with van der Waals surface area (Å²) in [6.07, 6.45) is 2.25. The molecule has 0 rings (SSSR count). The van der Waals surface area contributed by atoms with Gasteiger partial charge >= 0.3 is 0 Å². The van der Waals surface area contributed by atoms with Crippen LogP contribution in [0.1, 0.15) is 26.2 Å². The van der Waals surface area contributed by atoms with E-state index in [1.165, 1.54) is 0 Å². The van der Waals surface area contributed by atoms with E-state index < -0.39 is 0 Å². The lowest BCUT2D eigenvalue weighted by molar-refractivity contribution is -0.188. The van der Waals surface area contributed by atoms with Crippen molar-refractivity contribution in [3.63, 3.8) is 0 Å². The van der Waals surface area contributed by atoms with Crippen LogP contribution in [0.3, 0.4) is 0 Å². The fourth-order valence-corrected chi connectivity index (χ4v) is 1.04. The Labute approximate surface area is 86.5 Å². The molecular formula is C10H22O4. The largest absolute Gasteiger partial charge is 0.356 e. The average molecular weight is 206 g/mol. The lowest BCUT2D eigenvalue weighted by atomic mass is 10.3. The Kier molecular flexibility index (Phi) is 9.29. The maximum Gasteiger partial charge on any atom is 0.162 e. The van der Waals surface area contributed by atoms with E-state index in [9.17, 15) is 0 Å². The molecule has 0 N–H and O–H groups in total. The summed E-state index contributed by atoms with van der Waals surface area (Å²) in [7, 11) is 4.83. The Bertz CT molecular complexity index is 115. The van der Waals surface area contributed by atoms with E-state index in [4.69, 9.17) is 18.9 Å². The molecule has 0 aromatic rings. The fourth-order valence-electron chi connectivity index (χ4n) is 1.04. The molecule has 1 atom stereocenters. The molecule has 0 radical (unpaired) electrons. The van der Waals surface area contributed by atoms with Gasteiger partial charge < -0.3 is 18.9 Å². The van der Waals surface area contributed by atoms with E-state index in [-0.39, 0.29) is 12.6 Å². The number of methoxy groups -OCH3 is 3. The topological polar surface area (TPSA) is 36.9 Å². The third-order valence-electron chi connectivity index (χ3n) is 1.98. The first kappa shape index (κ1) is 13.8. The highest BCUT2D eigenvalue weighted by atomic mass is 16.7. The monoisotopic (exact) mass is 206 g/mol. The van der Waals surface area contributed by atoms with Gasteiger partial charge in [0.1, 0.15) is 0 Å². The van der Waals surface area contributed by atoms with Crippen molar-refractivity contribution in [2.24, 2.45) is 0 Å². The Morgan fingerprint density at radius 1 is 0.929 bits per heavy atom. The molecule has 0 heterocycles. The van der Waals surface area contributed by atoms with Gasteiger partial charge in [-0.05, 0) is 6.42 Å². The van der Waals surface area contributed by atoms with Gasteiger partial charge in [0.05, 0.1) is 0 Å². The van der Waals surface area contributed by atoms with Crippen LogP contribution in [0, 0.1) is 0 Å². The van der Waals surface area contributed by atoms with E-state index in [2.05, 4.69) is 6.92 Å². The van der Waals surface area contributed by atoms with E-state index in [1.807, 2.05) is 0 Å². The molecule has 0 fully saturated rings. The summed E-state index contributed by atoms with van der Waals surface area (Å²) in [4.78, 5) is 0. The third-order valence-corrected chi connectivity index (χ3v) is 1.98. The van der Waals surface area contributed by atoms with Gasteiger partial charge in [-0.25, -0.2) is 0 Å². The minimum atomic E-state index is -0.262. The summed E-state index contributed by atoms with van der Waals surface area (Å²) in [5, 5.41) is 0. The highest BCUT2D eigenvalue weighted by Gasteiger charge is 2.15. The fraction of sp³-hybridized carbons (Fsp3) is 1.00. The van der Waals surface area contributed by atoms with Gasteiger partial charge in [0.2, 0.25) is 0 Å².